The second-order valence-electron chi connectivity index (χ2n) is 10.3. The number of hydrogen-bond donors (Lipinski definition) is 2. The molecule has 1 heterocycles. The summed E-state index contributed by atoms with van der Waals surface area (Å²) in [6.45, 7) is 9.90. The first-order valence-corrected chi connectivity index (χ1v) is 11.7. The Bertz CT molecular complexity index is 751. The average Bonchev–Trinajstić information content (AvgIpc) is 2.69. The number of carbonyl (C=O) groups excluding carboxylic acids is 2. The summed E-state index contributed by atoms with van der Waals surface area (Å²) in [6, 6.07) is 0. The van der Waals surface area contributed by atoms with Crippen LogP contribution >= 0.6 is 0 Å². The van der Waals surface area contributed by atoms with E-state index in [0.29, 0.717) is 25.7 Å². The van der Waals surface area contributed by atoms with E-state index in [-0.39, 0.29) is 48.3 Å². The minimum atomic E-state index is -0.646. The number of aliphatic hydroxyl groups is 2. The molecule has 0 bridgehead atoms. The highest BCUT2D eigenvalue weighted by Crippen LogP contribution is 2.44. The van der Waals surface area contributed by atoms with E-state index in [0.717, 1.165) is 17.6 Å². The van der Waals surface area contributed by atoms with Gasteiger partial charge in [0.15, 0.2) is 0 Å². The third-order valence-electron chi connectivity index (χ3n) is 7.46. The van der Waals surface area contributed by atoms with E-state index >= 15 is 0 Å². The van der Waals surface area contributed by atoms with Crippen molar-refractivity contribution in [3.63, 3.8) is 0 Å². The minimum Gasteiger partial charge on any atom is -0.462 e. The third kappa shape index (κ3) is 5.23. The van der Waals surface area contributed by atoms with E-state index in [1.54, 1.807) is 0 Å². The Labute approximate surface area is 185 Å². The molecule has 0 saturated carbocycles. The molecule has 0 aromatic rings. The molecular weight excluding hydrogens is 396 g/mol. The largest absolute Gasteiger partial charge is 0.462 e. The van der Waals surface area contributed by atoms with Crippen molar-refractivity contribution in [2.24, 2.45) is 23.2 Å². The van der Waals surface area contributed by atoms with E-state index < -0.39 is 17.6 Å². The van der Waals surface area contributed by atoms with E-state index in [9.17, 15) is 19.8 Å². The third-order valence-corrected chi connectivity index (χ3v) is 7.46. The molecule has 31 heavy (non-hydrogen) atoms. The van der Waals surface area contributed by atoms with Crippen molar-refractivity contribution in [3.05, 3.63) is 23.3 Å². The maximum absolute atomic E-state index is 12.9. The topological polar surface area (TPSA) is 93.1 Å². The van der Waals surface area contributed by atoms with Crippen LogP contribution in [0.5, 0.6) is 0 Å². The van der Waals surface area contributed by atoms with Crippen LogP contribution in [0.3, 0.4) is 0 Å². The quantitative estimate of drug-likeness (QED) is 0.619. The predicted octanol–water partition coefficient (Wildman–Crippen LogP) is 3.70. The number of rotatable bonds is 6. The van der Waals surface area contributed by atoms with Crippen LogP contribution in [0.15, 0.2) is 23.3 Å². The predicted molar refractivity (Wildman–Crippen MR) is 117 cm³/mol. The fourth-order valence-electron chi connectivity index (χ4n) is 4.94. The lowest BCUT2D eigenvalue weighted by molar-refractivity contribution is -0.162. The van der Waals surface area contributed by atoms with Crippen LogP contribution in [-0.4, -0.2) is 46.6 Å². The molecule has 0 aromatic carbocycles. The van der Waals surface area contributed by atoms with Crippen molar-refractivity contribution in [3.8, 4) is 0 Å². The molecule has 6 nitrogen and oxygen atoms in total. The maximum Gasteiger partial charge on any atom is 0.312 e. The Balaban J connectivity index is 1.83. The number of ether oxygens (including phenoxy) is 2. The van der Waals surface area contributed by atoms with Gasteiger partial charge in [0, 0.05) is 6.42 Å². The van der Waals surface area contributed by atoms with Crippen molar-refractivity contribution < 1.29 is 29.3 Å². The van der Waals surface area contributed by atoms with Gasteiger partial charge in [0.25, 0.3) is 0 Å². The van der Waals surface area contributed by atoms with Gasteiger partial charge >= 0.3 is 11.9 Å². The second kappa shape index (κ2) is 9.45. The van der Waals surface area contributed by atoms with Gasteiger partial charge in [0.1, 0.15) is 12.2 Å². The highest BCUT2D eigenvalue weighted by atomic mass is 16.6. The Morgan fingerprint density at radius 1 is 1.23 bits per heavy atom. The zero-order chi connectivity index (χ0) is 22.9. The lowest BCUT2D eigenvalue weighted by Gasteiger charge is -2.42. The molecule has 1 aliphatic heterocycles. The van der Waals surface area contributed by atoms with Gasteiger partial charge in [-0.15, -0.1) is 0 Å². The number of carbonyl (C=O) groups is 2. The molecule has 0 unspecified atom stereocenters. The molecule has 0 aromatic heterocycles. The van der Waals surface area contributed by atoms with Crippen LogP contribution in [0.4, 0.5) is 0 Å². The van der Waals surface area contributed by atoms with E-state index in [1.165, 1.54) is 0 Å². The van der Waals surface area contributed by atoms with Gasteiger partial charge in [0.05, 0.1) is 24.0 Å². The Kier molecular flexibility index (Phi) is 7.32. The van der Waals surface area contributed by atoms with Crippen LogP contribution in [0, 0.1) is 23.2 Å². The van der Waals surface area contributed by atoms with Crippen LogP contribution < -0.4 is 0 Å². The number of aliphatic hydroxyl groups excluding tert-OH is 2. The highest BCUT2D eigenvalue weighted by Gasteiger charge is 2.42. The smallest absolute Gasteiger partial charge is 0.312 e. The molecule has 0 spiro atoms. The fraction of sp³-hybridized carbons (Fsp3) is 0.760. The number of esters is 2. The summed E-state index contributed by atoms with van der Waals surface area (Å²) in [5.74, 6) is -0.266. The first kappa shape index (κ1) is 24.0. The number of allylic oxidation sites excluding steroid dienone is 1. The van der Waals surface area contributed by atoms with Crippen LogP contribution in [-0.2, 0) is 19.1 Å². The zero-order valence-corrected chi connectivity index (χ0v) is 19.5. The zero-order valence-electron chi connectivity index (χ0n) is 19.5. The lowest BCUT2D eigenvalue weighted by Crippen LogP contribution is -2.42. The monoisotopic (exact) mass is 434 g/mol. The first-order chi connectivity index (χ1) is 14.5. The fourth-order valence-corrected chi connectivity index (χ4v) is 4.94. The molecule has 0 radical (unpaired) electrons. The van der Waals surface area contributed by atoms with Crippen molar-refractivity contribution >= 4 is 11.9 Å². The normalized spacial score (nSPS) is 36.1. The van der Waals surface area contributed by atoms with Crippen LogP contribution in [0.2, 0.25) is 0 Å². The van der Waals surface area contributed by atoms with Crippen LogP contribution in [0.25, 0.3) is 0 Å². The van der Waals surface area contributed by atoms with Gasteiger partial charge < -0.3 is 19.7 Å². The highest BCUT2D eigenvalue weighted by molar-refractivity contribution is 5.76. The standard InChI is InChI=1S/C25H38O6/c1-6-25(4,5)24(29)31-20-11-15(3)23(28)19-9-7-14(2)18(22(19)20)10-8-17-12-16(26)13-21(27)30-17/h7,9,14-18,20,23,26,28H,6,8,10-13H2,1-5H3/t14-,15+,16+,17+,18-,20-,23-/m1/s1. The van der Waals surface area contributed by atoms with Gasteiger partial charge in [-0.25, -0.2) is 0 Å². The minimum absolute atomic E-state index is 0.00515. The summed E-state index contributed by atoms with van der Waals surface area (Å²) in [6.07, 6.45) is 5.40. The van der Waals surface area contributed by atoms with Gasteiger partial charge in [-0.2, -0.15) is 0 Å². The molecule has 6 heteroatoms. The Hall–Kier alpha value is -1.66. The van der Waals surface area contributed by atoms with Gasteiger partial charge in [-0.05, 0) is 68.4 Å². The van der Waals surface area contributed by atoms with Gasteiger partial charge in [-0.3, -0.25) is 9.59 Å². The summed E-state index contributed by atoms with van der Waals surface area (Å²) in [5, 5.41) is 20.8. The van der Waals surface area contributed by atoms with E-state index in [1.807, 2.05) is 33.8 Å². The summed E-state index contributed by atoms with van der Waals surface area (Å²) in [5.41, 5.74) is 1.33. The van der Waals surface area contributed by atoms with E-state index in [2.05, 4.69) is 13.0 Å². The SMILES string of the molecule is CCC(C)(C)C(=O)O[C@@H]1C[C@H](C)[C@@H](O)C2=C1[C@H](CC[C@H]1C[C@H](O)CC(=O)O1)[C@H](C)C=C2. The molecule has 0 amide bonds. The molecule has 7 atom stereocenters. The number of cyclic esters (lactones) is 1. The molecule has 1 fully saturated rings. The van der Waals surface area contributed by atoms with Gasteiger partial charge in [0.2, 0.25) is 0 Å². The first-order valence-electron chi connectivity index (χ1n) is 11.7. The summed E-state index contributed by atoms with van der Waals surface area (Å²) >= 11 is 0. The van der Waals surface area contributed by atoms with E-state index in [4.69, 9.17) is 9.47 Å². The summed E-state index contributed by atoms with van der Waals surface area (Å²) in [4.78, 5) is 24.6. The maximum atomic E-state index is 12.9. The Morgan fingerprint density at radius 2 is 1.94 bits per heavy atom. The van der Waals surface area contributed by atoms with Crippen molar-refractivity contribution in [2.75, 3.05) is 0 Å². The summed E-state index contributed by atoms with van der Waals surface area (Å²) in [7, 11) is 0. The van der Waals surface area contributed by atoms with Crippen molar-refractivity contribution in [1.29, 1.82) is 0 Å². The lowest BCUT2D eigenvalue weighted by atomic mass is 9.68. The summed E-state index contributed by atoms with van der Waals surface area (Å²) < 4.78 is 11.5. The van der Waals surface area contributed by atoms with Crippen LogP contribution in [0.1, 0.15) is 73.1 Å². The molecule has 2 aliphatic carbocycles. The second-order valence-corrected chi connectivity index (χ2v) is 10.3. The molecule has 3 rings (SSSR count). The molecular formula is C25H38O6. The number of hydrogen-bond acceptors (Lipinski definition) is 6. The average molecular weight is 435 g/mol. The molecule has 1 saturated heterocycles. The Morgan fingerprint density at radius 3 is 2.58 bits per heavy atom. The molecule has 174 valence electrons. The van der Waals surface area contributed by atoms with Crippen molar-refractivity contribution in [2.45, 2.75) is 97.6 Å². The van der Waals surface area contributed by atoms with Crippen molar-refractivity contribution in [1.82, 2.24) is 0 Å². The van der Waals surface area contributed by atoms with Gasteiger partial charge in [-0.1, -0.05) is 32.9 Å². The molecule has 3 aliphatic rings. The molecule has 2 N–H and O–H groups in total.